The summed E-state index contributed by atoms with van der Waals surface area (Å²) in [6.07, 6.45) is 3.82. The summed E-state index contributed by atoms with van der Waals surface area (Å²) >= 11 is 0. The maximum atomic E-state index is 10.9. The van der Waals surface area contributed by atoms with Gasteiger partial charge in [0.2, 0.25) is 0 Å². The van der Waals surface area contributed by atoms with Crippen LogP contribution in [0.25, 0.3) is 0 Å². The molecule has 1 aromatic rings. The highest BCUT2D eigenvalue weighted by Gasteiger charge is 2.19. The molecule has 19 heavy (non-hydrogen) atoms. The van der Waals surface area contributed by atoms with E-state index in [0.717, 1.165) is 6.42 Å². The minimum atomic E-state index is 0.189. The van der Waals surface area contributed by atoms with E-state index >= 15 is 0 Å². The number of carbonyl (C=O) groups excluding carboxylic acids is 2. The van der Waals surface area contributed by atoms with Crippen molar-refractivity contribution in [2.24, 2.45) is 0 Å². The van der Waals surface area contributed by atoms with E-state index < -0.39 is 0 Å². The SMILES string of the molecule is O=C=C1C(C=O)=CCCN1OCCc1ccccc1. The smallest absolute Gasteiger partial charge is 0.157 e. The maximum absolute atomic E-state index is 10.9. The van der Waals surface area contributed by atoms with Crippen molar-refractivity contribution in [3.8, 4) is 0 Å². The normalized spacial score (nSPS) is 14.8. The van der Waals surface area contributed by atoms with Gasteiger partial charge in [-0.05, 0) is 18.4 Å². The van der Waals surface area contributed by atoms with Crippen LogP contribution in [0, 0.1) is 0 Å². The van der Waals surface area contributed by atoms with Gasteiger partial charge >= 0.3 is 0 Å². The Labute approximate surface area is 111 Å². The predicted octanol–water partition coefficient (Wildman–Crippen LogP) is 1.71. The summed E-state index contributed by atoms with van der Waals surface area (Å²) in [5.74, 6) is 1.77. The summed E-state index contributed by atoms with van der Waals surface area (Å²) in [6.45, 7) is 1.03. The Morgan fingerprint density at radius 1 is 1.32 bits per heavy atom. The van der Waals surface area contributed by atoms with Crippen molar-refractivity contribution in [2.75, 3.05) is 13.2 Å². The molecule has 98 valence electrons. The maximum Gasteiger partial charge on any atom is 0.157 e. The van der Waals surface area contributed by atoms with E-state index in [4.69, 9.17) is 4.84 Å². The number of carbonyl (C=O) groups is 1. The summed E-state index contributed by atoms with van der Waals surface area (Å²) < 4.78 is 0. The van der Waals surface area contributed by atoms with E-state index in [0.29, 0.717) is 31.4 Å². The van der Waals surface area contributed by atoms with E-state index in [-0.39, 0.29) is 5.70 Å². The molecule has 1 heterocycles. The fourth-order valence-electron chi connectivity index (χ4n) is 1.95. The highest BCUT2D eigenvalue weighted by molar-refractivity contribution is 5.85. The van der Waals surface area contributed by atoms with Gasteiger partial charge in [-0.3, -0.25) is 9.63 Å². The first-order valence-electron chi connectivity index (χ1n) is 6.20. The molecule has 0 aliphatic carbocycles. The van der Waals surface area contributed by atoms with Crippen molar-refractivity contribution in [3.63, 3.8) is 0 Å². The Bertz CT molecular complexity index is 515. The van der Waals surface area contributed by atoms with E-state index in [2.05, 4.69) is 0 Å². The molecule has 0 saturated heterocycles. The Kier molecular flexibility index (Phi) is 4.67. The van der Waals surface area contributed by atoms with Gasteiger partial charge in [0.1, 0.15) is 0 Å². The first-order valence-corrected chi connectivity index (χ1v) is 6.20. The molecule has 0 atom stereocenters. The minimum Gasteiger partial charge on any atom is -0.298 e. The summed E-state index contributed by atoms with van der Waals surface area (Å²) in [5, 5.41) is 1.46. The summed E-state index contributed by atoms with van der Waals surface area (Å²) in [6, 6.07) is 9.95. The van der Waals surface area contributed by atoms with Crippen LogP contribution in [0.15, 0.2) is 47.7 Å². The Hall–Kier alpha value is -2.16. The monoisotopic (exact) mass is 257 g/mol. The lowest BCUT2D eigenvalue weighted by Crippen LogP contribution is -2.30. The second kappa shape index (κ2) is 6.69. The summed E-state index contributed by atoms with van der Waals surface area (Å²) in [5.41, 5.74) is 1.71. The fourth-order valence-corrected chi connectivity index (χ4v) is 1.95. The van der Waals surface area contributed by atoms with Gasteiger partial charge < -0.3 is 0 Å². The molecule has 1 aliphatic rings. The van der Waals surface area contributed by atoms with Gasteiger partial charge in [0, 0.05) is 12.1 Å². The molecule has 0 saturated carbocycles. The van der Waals surface area contributed by atoms with Crippen LogP contribution in [0.2, 0.25) is 0 Å². The van der Waals surface area contributed by atoms with Gasteiger partial charge in [-0.15, -0.1) is 0 Å². The molecule has 0 radical (unpaired) electrons. The lowest BCUT2D eigenvalue weighted by Gasteiger charge is -2.26. The van der Waals surface area contributed by atoms with Crippen LogP contribution in [-0.2, 0) is 20.8 Å². The molecule has 0 bridgehead atoms. The van der Waals surface area contributed by atoms with Crippen molar-refractivity contribution in [1.82, 2.24) is 5.06 Å². The Morgan fingerprint density at radius 3 is 2.79 bits per heavy atom. The van der Waals surface area contributed by atoms with Gasteiger partial charge in [0.15, 0.2) is 17.9 Å². The zero-order chi connectivity index (χ0) is 13.5. The van der Waals surface area contributed by atoms with Gasteiger partial charge in [-0.2, -0.15) is 0 Å². The van der Waals surface area contributed by atoms with Crippen LogP contribution in [0.5, 0.6) is 0 Å². The first-order chi connectivity index (χ1) is 9.35. The third-order valence-electron chi connectivity index (χ3n) is 2.92. The Morgan fingerprint density at radius 2 is 2.11 bits per heavy atom. The van der Waals surface area contributed by atoms with E-state index in [1.807, 2.05) is 30.3 Å². The summed E-state index contributed by atoms with van der Waals surface area (Å²) in [7, 11) is 0. The second-order valence-electron chi connectivity index (χ2n) is 4.19. The first kappa shape index (κ1) is 13.3. The average molecular weight is 257 g/mol. The zero-order valence-electron chi connectivity index (χ0n) is 10.5. The van der Waals surface area contributed by atoms with Crippen LogP contribution in [0.1, 0.15) is 12.0 Å². The topological polar surface area (TPSA) is 46.6 Å². The quantitative estimate of drug-likeness (QED) is 0.595. The van der Waals surface area contributed by atoms with Gasteiger partial charge in [0.25, 0.3) is 0 Å². The largest absolute Gasteiger partial charge is 0.298 e. The lowest BCUT2D eigenvalue weighted by atomic mass is 10.1. The second-order valence-corrected chi connectivity index (χ2v) is 4.19. The average Bonchev–Trinajstić information content (AvgIpc) is 2.48. The molecule has 0 aromatic heterocycles. The molecule has 2 rings (SSSR count). The third-order valence-corrected chi connectivity index (χ3v) is 2.92. The molecule has 0 N–H and O–H groups in total. The van der Waals surface area contributed by atoms with Crippen LogP contribution in [-0.4, -0.2) is 30.4 Å². The molecule has 0 fully saturated rings. The number of benzene rings is 1. The van der Waals surface area contributed by atoms with Gasteiger partial charge in [-0.1, -0.05) is 36.4 Å². The minimum absolute atomic E-state index is 0.189. The van der Waals surface area contributed by atoms with Crippen LogP contribution >= 0.6 is 0 Å². The molecule has 1 aliphatic heterocycles. The summed E-state index contributed by atoms with van der Waals surface area (Å²) in [4.78, 5) is 27.3. The molecule has 4 nitrogen and oxygen atoms in total. The van der Waals surface area contributed by atoms with E-state index in [9.17, 15) is 9.59 Å². The predicted molar refractivity (Wildman–Crippen MR) is 70.8 cm³/mol. The molecule has 1 aromatic carbocycles. The van der Waals surface area contributed by atoms with Crippen molar-refractivity contribution in [2.45, 2.75) is 12.8 Å². The number of hydrogen-bond donors (Lipinski definition) is 0. The molecule has 4 heteroatoms. The number of hydroxylamine groups is 2. The Balaban J connectivity index is 1.91. The molecular formula is C15H15NO3. The molecule has 0 spiro atoms. The molecule has 0 amide bonds. The standard InChI is InChI=1S/C15H15NO3/c17-11-14-7-4-9-16(15(14)12-18)19-10-8-13-5-2-1-3-6-13/h1-3,5-7,11H,4,8-10H2. The van der Waals surface area contributed by atoms with Crippen molar-refractivity contribution in [1.29, 1.82) is 0 Å². The fraction of sp³-hybridized carbons (Fsp3) is 0.267. The number of hydrogen-bond acceptors (Lipinski definition) is 4. The number of allylic oxidation sites excluding steroid dienone is 1. The number of rotatable bonds is 5. The molecular weight excluding hydrogens is 242 g/mol. The number of nitrogens with zero attached hydrogens (tertiary/aromatic N) is 1. The van der Waals surface area contributed by atoms with Gasteiger partial charge in [0.05, 0.1) is 6.61 Å². The van der Waals surface area contributed by atoms with Crippen molar-refractivity contribution in [3.05, 3.63) is 53.2 Å². The van der Waals surface area contributed by atoms with Gasteiger partial charge in [-0.25, -0.2) is 9.86 Å². The van der Waals surface area contributed by atoms with E-state index in [1.54, 1.807) is 12.0 Å². The number of aldehydes is 1. The van der Waals surface area contributed by atoms with Crippen LogP contribution in [0.3, 0.4) is 0 Å². The van der Waals surface area contributed by atoms with Crippen LogP contribution in [0.4, 0.5) is 0 Å². The van der Waals surface area contributed by atoms with Crippen LogP contribution < -0.4 is 0 Å². The zero-order valence-corrected chi connectivity index (χ0v) is 10.5. The highest BCUT2D eigenvalue weighted by Crippen LogP contribution is 2.18. The van der Waals surface area contributed by atoms with Crippen molar-refractivity contribution >= 4 is 12.2 Å². The highest BCUT2D eigenvalue weighted by atomic mass is 16.7. The van der Waals surface area contributed by atoms with E-state index in [1.165, 1.54) is 10.6 Å². The van der Waals surface area contributed by atoms with Crippen molar-refractivity contribution < 1.29 is 14.4 Å². The molecule has 0 unspecified atom stereocenters. The lowest BCUT2D eigenvalue weighted by molar-refractivity contribution is -0.130. The third kappa shape index (κ3) is 3.41.